The predicted molar refractivity (Wildman–Crippen MR) is 80.6 cm³/mol. The van der Waals surface area contributed by atoms with E-state index in [0.29, 0.717) is 0 Å². The van der Waals surface area contributed by atoms with Crippen LogP contribution in [0.3, 0.4) is 0 Å². The first kappa shape index (κ1) is 12.2. The van der Waals surface area contributed by atoms with Crippen molar-refractivity contribution in [3.05, 3.63) is 48.0 Å². The summed E-state index contributed by atoms with van der Waals surface area (Å²) in [7, 11) is 2.16. The Hall–Kier alpha value is -1.87. The monoisotopic (exact) mass is 253 g/mol. The fourth-order valence-electron chi connectivity index (χ4n) is 2.35. The molecule has 98 valence electrons. The number of likely N-dealkylation sites (N-methyl/N-ethyl adjacent to an activating group) is 1. The largest absolute Gasteiger partial charge is 0.303 e. The summed E-state index contributed by atoms with van der Waals surface area (Å²) in [6.07, 6.45) is 1.97. The highest BCUT2D eigenvalue weighted by atomic mass is 15.5. The van der Waals surface area contributed by atoms with Crippen LogP contribution in [0.25, 0.3) is 10.8 Å². The molecule has 0 aliphatic carbocycles. The summed E-state index contributed by atoms with van der Waals surface area (Å²) in [6, 6.07) is 14.9. The second kappa shape index (κ2) is 5.41. The second-order valence-corrected chi connectivity index (χ2v) is 5.11. The van der Waals surface area contributed by atoms with Gasteiger partial charge in [0.1, 0.15) is 0 Å². The van der Waals surface area contributed by atoms with Gasteiger partial charge in [-0.15, -0.1) is 0 Å². The van der Waals surface area contributed by atoms with E-state index in [-0.39, 0.29) is 0 Å². The van der Waals surface area contributed by atoms with E-state index in [2.05, 4.69) is 64.5 Å². The van der Waals surface area contributed by atoms with Crippen LogP contribution < -0.4 is 0 Å². The van der Waals surface area contributed by atoms with E-state index < -0.39 is 0 Å². The van der Waals surface area contributed by atoms with Crippen LogP contribution >= 0.6 is 0 Å². The zero-order valence-corrected chi connectivity index (χ0v) is 11.3. The number of hydrazone groups is 1. The van der Waals surface area contributed by atoms with Gasteiger partial charge in [0.2, 0.25) is 0 Å². The van der Waals surface area contributed by atoms with Crippen LogP contribution in [0.15, 0.2) is 47.6 Å². The van der Waals surface area contributed by atoms with Crippen molar-refractivity contribution in [2.75, 3.05) is 33.2 Å². The van der Waals surface area contributed by atoms with Crippen molar-refractivity contribution in [2.24, 2.45) is 5.10 Å². The lowest BCUT2D eigenvalue weighted by atomic mass is 10.1. The van der Waals surface area contributed by atoms with Gasteiger partial charge in [0, 0.05) is 26.2 Å². The van der Waals surface area contributed by atoms with Gasteiger partial charge in [-0.25, -0.2) is 0 Å². The fraction of sp³-hybridized carbons (Fsp3) is 0.312. The number of benzene rings is 2. The average Bonchev–Trinajstić information content (AvgIpc) is 2.46. The number of rotatable bonds is 2. The Balaban J connectivity index is 1.74. The molecule has 3 rings (SSSR count). The van der Waals surface area contributed by atoms with Crippen molar-refractivity contribution in [3.63, 3.8) is 0 Å². The summed E-state index contributed by atoms with van der Waals surface area (Å²) in [6.45, 7) is 4.21. The summed E-state index contributed by atoms with van der Waals surface area (Å²) in [5.74, 6) is 0. The maximum atomic E-state index is 4.58. The Labute approximate surface area is 114 Å². The summed E-state index contributed by atoms with van der Waals surface area (Å²) in [5, 5.41) is 9.27. The minimum atomic E-state index is 1.01. The highest BCUT2D eigenvalue weighted by Crippen LogP contribution is 2.14. The quantitative estimate of drug-likeness (QED) is 0.765. The average molecular weight is 253 g/mol. The number of hydrogen-bond acceptors (Lipinski definition) is 3. The molecular weight excluding hydrogens is 234 g/mol. The lowest BCUT2D eigenvalue weighted by Crippen LogP contribution is -2.41. The van der Waals surface area contributed by atoms with Crippen molar-refractivity contribution in [1.82, 2.24) is 9.91 Å². The van der Waals surface area contributed by atoms with E-state index in [4.69, 9.17) is 0 Å². The topological polar surface area (TPSA) is 18.8 Å². The highest BCUT2D eigenvalue weighted by molar-refractivity contribution is 5.90. The third kappa shape index (κ3) is 2.93. The first-order valence-corrected chi connectivity index (χ1v) is 6.77. The smallest absolute Gasteiger partial charge is 0.0543 e. The standard InChI is InChI=1S/C16H19N3/c1-18-8-10-19(11-9-18)17-13-14-6-7-15-4-2-3-5-16(15)12-14/h2-7,12-13H,8-11H2,1H3/b17-13+. The Kier molecular flexibility index (Phi) is 3.47. The first-order chi connectivity index (χ1) is 9.31. The van der Waals surface area contributed by atoms with Gasteiger partial charge in [-0.1, -0.05) is 36.4 Å². The molecule has 1 heterocycles. The molecule has 1 fully saturated rings. The number of piperazine rings is 1. The normalized spacial score (nSPS) is 17.4. The Morgan fingerprint density at radius 2 is 1.68 bits per heavy atom. The van der Waals surface area contributed by atoms with Crippen molar-refractivity contribution < 1.29 is 0 Å². The SMILES string of the molecule is CN1CCN(/N=C/c2ccc3ccccc3c2)CC1. The van der Waals surface area contributed by atoms with Gasteiger partial charge in [-0.05, 0) is 29.4 Å². The molecule has 0 atom stereocenters. The van der Waals surface area contributed by atoms with Gasteiger partial charge in [-0.2, -0.15) is 5.10 Å². The van der Waals surface area contributed by atoms with Crippen molar-refractivity contribution >= 4 is 17.0 Å². The second-order valence-electron chi connectivity index (χ2n) is 5.11. The summed E-state index contributed by atoms with van der Waals surface area (Å²) in [4.78, 5) is 2.34. The lowest BCUT2D eigenvalue weighted by Gasteiger charge is -2.30. The molecule has 3 heteroatoms. The summed E-state index contributed by atoms with van der Waals surface area (Å²) >= 11 is 0. The van der Waals surface area contributed by atoms with E-state index in [1.165, 1.54) is 10.8 Å². The minimum absolute atomic E-state index is 1.01. The maximum absolute atomic E-state index is 4.58. The van der Waals surface area contributed by atoms with Gasteiger partial charge in [0.15, 0.2) is 0 Å². The van der Waals surface area contributed by atoms with E-state index in [1.807, 2.05) is 6.21 Å². The van der Waals surface area contributed by atoms with Gasteiger partial charge in [0.25, 0.3) is 0 Å². The number of hydrogen-bond donors (Lipinski definition) is 0. The maximum Gasteiger partial charge on any atom is 0.0543 e. The summed E-state index contributed by atoms with van der Waals surface area (Å²) < 4.78 is 0. The molecule has 1 saturated heterocycles. The van der Waals surface area contributed by atoms with E-state index >= 15 is 0 Å². The fourth-order valence-corrected chi connectivity index (χ4v) is 2.35. The molecule has 0 amide bonds. The molecule has 3 nitrogen and oxygen atoms in total. The van der Waals surface area contributed by atoms with Gasteiger partial charge in [-0.3, -0.25) is 5.01 Å². The van der Waals surface area contributed by atoms with Crippen molar-refractivity contribution in [1.29, 1.82) is 0 Å². The number of fused-ring (bicyclic) bond motifs is 1. The van der Waals surface area contributed by atoms with Crippen LogP contribution in [0.5, 0.6) is 0 Å². The van der Waals surface area contributed by atoms with Crippen LogP contribution in [-0.4, -0.2) is 49.4 Å². The molecular formula is C16H19N3. The summed E-state index contributed by atoms with van der Waals surface area (Å²) in [5.41, 5.74) is 1.16. The molecule has 19 heavy (non-hydrogen) atoms. The Morgan fingerprint density at radius 1 is 0.947 bits per heavy atom. The van der Waals surface area contributed by atoms with Crippen LogP contribution in [0.2, 0.25) is 0 Å². The highest BCUT2D eigenvalue weighted by Gasteiger charge is 2.10. The lowest BCUT2D eigenvalue weighted by molar-refractivity contribution is 0.159. The molecule has 0 aromatic heterocycles. The third-order valence-corrected chi connectivity index (χ3v) is 3.62. The van der Waals surface area contributed by atoms with E-state index in [9.17, 15) is 0 Å². The Morgan fingerprint density at radius 3 is 2.47 bits per heavy atom. The molecule has 0 spiro atoms. The van der Waals surface area contributed by atoms with E-state index in [1.54, 1.807) is 0 Å². The molecule has 0 radical (unpaired) electrons. The first-order valence-electron chi connectivity index (χ1n) is 6.77. The van der Waals surface area contributed by atoms with E-state index in [0.717, 1.165) is 31.7 Å². The molecule has 1 aliphatic heterocycles. The molecule has 2 aromatic rings. The minimum Gasteiger partial charge on any atom is -0.303 e. The van der Waals surface area contributed by atoms with Crippen LogP contribution in [-0.2, 0) is 0 Å². The Bertz CT molecular complexity index is 583. The number of nitrogens with zero attached hydrogens (tertiary/aromatic N) is 3. The van der Waals surface area contributed by atoms with Crippen molar-refractivity contribution in [2.45, 2.75) is 0 Å². The van der Waals surface area contributed by atoms with Crippen LogP contribution in [0, 0.1) is 0 Å². The molecule has 0 unspecified atom stereocenters. The van der Waals surface area contributed by atoms with Gasteiger partial charge in [0.05, 0.1) is 6.21 Å². The molecule has 2 aromatic carbocycles. The molecule has 0 saturated carbocycles. The molecule has 0 N–H and O–H groups in total. The molecule has 0 bridgehead atoms. The van der Waals surface area contributed by atoms with Gasteiger partial charge >= 0.3 is 0 Å². The van der Waals surface area contributed by atoms with Crippen LogP contribution in [0.4, 0.5) is 0 Å². The van der Waals surface area contributed by atoms with Gasteiger partial charge < -0.3 is 4.90 Å². The molecule has 1 aliphatic rings. The zero-order valence-electron chi connectivity index (χ0n) is 11.3. The van der Waals surface area contributed by atoms with Crippen molar-refractivity contribution in [3.8, 4) is 0 Å². The third-order valence-electron chi connectivity index (χ3n) is 3.62. The predicted octanol–water partition coefficient (Wildman–Crippen LogP) is 2.42. The zero-order chi connectivity index (χ0) is 13.1. The van der Waals surface area contributed by atoms with Crippen LogP contribution in [0.1, 0.15) is 5.56 Å².